The van der Waals surface area contributed by atoms with Gasteiger partial charge in [-0.1, -0.05) is 6.07 Å². The van der Waals surface area contributed by atoms with Crippen LogP contribution in [0.15, 0.2) is 18.2 Å². The Hall–Kier alpha value is -1.45. The Kier molecular flexibility index (Phi) is 4.21. The summed E-state index contributed by atoms with van der Waals surface area (Å²) in [6, 6.07) is 3.61. The smallest absolute Gasteiger partial charge is 0.306 e. The summed E-state index contributed by atoms with van der Waals surface area (Å²) in [6.07, 6.45) is 0.494. The number of carbonyl (C=O) groups is 1. The molecule has 17 heavy (non-hydrogen) atoms. The van der Waals surface area contributed by atoms with Crippen molar-refractivity contribution in [2.45, 2.75) is 39.2 Å². The van der Waals surface area contributed by atoms with E-state index in [9.17, 15) is 13.6 Å². The fraction of sp³-hybridized carbons (Fsp3) is 0.462. The minimum absolute atomic E-state index is 0.155. The van der Waals surface area contributed by atoms with Gasteiger partial charge in [0.1, 0.15) is 5.60 Å². The zero-order chi connectivity index (χ0) is 13.1. The van der Waals surface area contributed by atoms with Gasteiger partial charge in [0.25, 0.3) is 0 Å². The van der Waals surface area contributed by atoms with Crippen LogP contribution in [0.3, 0.4) is 0 Å². The number of carbonyl (C=O) groups excluding carboxylic acids is 1. The third kappa shape index (κ3) is 4.93. The van der Waals surface area contributed by atoms with Crippen molar-refractivity contribution in [3.05, 3.63) is 35.4 Å². The lowest BCUT2D eigenvalue weighted by molar-refractivity contribution is -0.154. The molecule has 0 unspecified atom stereocenters. The lowest BCUT2D eigenvalue weighted by atomic mass is 10.1. The van der Waals surface area contributed by atoms with Crippen LogP contribution in [0.5, 0.6) is 0 Å². The van der Waals surface area contributed by atoms with E-state index in [-0.39, 0.29) is 12.4 Å². The maximum Gasteiger partial charge on any atom is 0.306 e. The molecule has 0 bridgehead atoms. The van der Waals surface area contributed by atoms with Crippen molar-refractivity contribution in [1.82, 2.24) is 0 Å². The van der Waals surface area contributed by atoms with Crippen LogP contribution in [-0.4, -0.2) is 11.6 Å². The molecule has 2 nitrogen and oxygen atoms in total. The molecule has 0 atom stereocenters. The Morgan fingerprint density at radius 1 is 1.24 bits per heavy atom. The number of hydrogen-bond acceptors (Lipinski definition) is 2. The Morgan fingerprint density at radius 3 is 2.41 bits per heavy atom. The van der Waals surface area contributed by atoms with Crippen LogP contribution >= 0.6 is 0 Å². The molecule has 0 spiro atoms. The van der Waals surface area contributed by atoms with E-state index in [1.807, 2.05) is 0 Å². The highest BCUT2D eigenvalue weighted by molar-refractivity contribution is 5.70. The minimum Gasteiger partial charge on any atom is -0.460 e. The molecule has 0 aliphatic heterocycles. The molecule has 94 valence electrons. The van der Waals surface area contributed by atoms with Crippen molar-refractivity contribution < 1.29 is 18.3 Å². The van der Waals surface area contributed by atoms with Crippen LogP contribution in [0.4, 0.5) is 8.78 Å². The zero-order valence-corrected chi connectivity index (χ0v) is 10.2. The Balaban J connectivity index is 2.50. The van der Waals surface area contributed by atoms with Gasteiger partial charge < -0.3 is 4.74 Å². The summed E-state index contributed by atoms with van der Waals surface area (Å²) in [5, 5.41) is 0. The third-order valence-electron chi connectivity index (χ3n) is 2.02. The molecule has 0 radical (unpaired) electrons. The summed E-state index contributed by atoms with van der Waals surface area (Å²) in [6.45, 7) is 5.34. The summed E-state index contributed by atoms with van der Waals surface area (Å²) in [5.74, 6) is -2.13. The van der Waals surface area contributed by atoms with Crippen molar-refractivity contribution in [3.8, 4) is 0 Å². The minimum atomic E-state index is -0.897. The molecule has 0 aliphatic carbocycles. The SMILES string of the molecule is CC(C)(C)OC(=O)CCc1ccc(F)c(F)c1. The summed E-state index contributed by atoms with van der Waals surface area (Å²) in [7, 11) is 0. The van der Waals surface area contributed by atoms with Crippen molar-refractivity contribution in [2.75, 3.05) is 0 Å². The Labute approximate surface area is 99.6 Å². The lowest BCUT2D eigenvalue weighted by Crippen LogP contribution is -2.24. The number of hydrogen-bond donors (Lipinski definition) is 0. The molecule has 0 aliphatic rings. The summed E-state index contributed by atoms with van der Waals surface area (Å²) < 4.78 is 30.6. The summed E-state index contributed by atoms with van der Waals surface area (Å²) in [4.78, 5) is 11.4. The predicted octanol–water partition coefficient (Wildman–Crippen LogP) is 3.24. The maximum atomic E-state index is 12.9. The third-order valence-corrected chi connectivity index (χ3v) is 2.02. The van der Waals surface area contributed by atoms with E-state index in [1.165, 1.54) is 6.07 Å². The number of aryl methyl sites for hydroxylation is 1. The van der Waals surface area contributed by atoms with Crippen LogP contribution in [0.2, 0.25) is 0 Å². The molecule has 0 fully saturated rings. The normalized spacial score (nSPS) is 11.4. The van der Waals surface area contributed by atoms with Gasteiger partial charge >= 0.3 is 5.97 Å². The van der Waals surface area contributed by atoms with Crippen LogP contribution < -0.4 is 0 Å². The van der Waals surface area contributed by atoms with Crippen LogP contribution in [0.1, 0.15) is 32.8 Å². The van der Waals surface area contributed by atoms with Crippen LogP contribution in [-0.2, 0) is 16.0 Å². The van der Waals surface area contributed by atoms with Crippen LogP contribution in [0, 0.1) is 11.6 Å². The molecule has 0 N–H and O–H groups in total. The molecule has 0 saturated carbocycles. The molecule has 1 aromatic carbocycles. The second-order valence-corrected chi connectivity index (χ2v) is 4.83. The topological polar surface area (TPSA) is 26.3 Å². The van der Waals surface area contributed by atoms with Gasteiger partial charge in [0.15, 0.2) is 11.6 Å². The van der Waals surface area contributed by atoms with Gasteiger partial charge in [-0.3, -0.25) is 4.79 Å². The number of rotatable bonds is 3. The fourth-order valence-corrected chi connectivity index (χ4v) is 1.33. The summed E-state index contributed by atoms with van der Waals surface area (Å²) in [5.41, 5.74) is 0.0558. The van der Waals surface area contributed by atoms with Gasteiger partial charge in [-0.05, 0) is 44.9 Å². The highest BCUT2D eigenvalue weighted by atomic mass is 19.2. The van der Waals surface area contributed by atoms with Gasteiger partial charge in [0.2, 0.25) is 0 Å². The first-order valence-corrected chi connectivity index (χ1v) is 5.44. The predicted molar refractivity (Wildman–Crippen MR) is 60.5 cm³/mol. The van der Waals surface area contributed by atoms with E-state index in [0.29, 0.717) is 12.0 Å². The Morgan fingerprint density at radius 2 is 1.88 bits per heavy atom. The molecule has 0 heterocycles. The maximum absolute atomic E-state index is 12.9. The van der Waals surface area contributed by atoms with E-state index in [2.05, 4.69) is 0 Å². The van der Waals surface area contributed by atoms with E-state index in [0.717, 1.165) is 12.1 Å². The van der Waals surface area contributed by atoms with E-state index in [4.69, 9.17) is 4.74 Å². The molecule has 0 aromatic heterocycles. The first kappa shape index (κ1) is 13.6. The number of halogens is 2. The molecule has 0 amide bonds. The molecule has 4 heteroatoms. The second-order valence-electron chi connectivity index (χ2n) is 4.83. The quantitative estimate of drug-likeness (QED) is 0.760. The standard InChI is InChI=1S/C13H16F2O2/c1-13(2,3)17-12(16)7-5-9-4-6-10(14)11(15)8-9/h4,6,8H,5,7H2,1-3H3. The molecular formula is C13H16F2O2. The monoisotopic (exact) mass is 242 g/mol. The van der Waals surface area contributed by atoms with E-state index in [1.54, 1.807) is 20.8 Å². The van der Waals surface area contributed by atoms with Crippen molar-refractivity contribution in [1.29, 1.82) is 0 Å². The van der Waals surface area contributed by atoms with Crippen LogP contribution in [0.25, 0.3) is 0 Å². The number of esters is 1. The van der Waals surface area contributed by atoms with Gasteiger partial charge in [-0.25, -0.2) is 8.78 Å². The molecule has 1 rings (SSSR count). The molecular weight excluding hydrogens is 226 g/mol. The van der Waals surface area contributed by atoms with Gasteiger partial charge in [0, 0.05) is 6.42 Å². The molecule has 0 saturated heterocycles. The number of ether oxygens (including phenoxy) is 1. The van der Waals surface area contributed by atoms with Crippen molar-refractivity contribution in [2.24, 2.45) is 0 Å². The Bertz CT molecular complexity index is 408. The highest BCUT2D eigenvalue weighted by Crippen LogP contribution is 2.13. The van der Waals surface area contributed by atoms with E-state index >= 15 is 0 Å². The molecule has 1 aromatic rings. The van der Waals surface area contributed by atoms with E-state index < -0.39 is 17.2 Å². The highest BCUT2D eigenvalue weighted by Gasteiger charge is 2.16. The first-order valence-electron chi connectivity index (χ1n) is 5.44. The largest absolute Gasteiger partial charge is 0.460 e. The fourth-order valence-electron chi connectivity index (χ4n) is 1.33. The van der Waals surface area contributed by atoms with Crippen molar-refractivity contribution in [3.63, 3.8) is 0 Å². The second kappa shape index (κ2) is 5.25. The zero-order valence-electron chi connectivity index (χ0n) is 10.2. The first-order chi connectivity index (χ1) is 7.78. The van der Waals surface area contributed by atoms with Gasteiger partial charge in [-0.15, -0.1) is 0 Å². The van der Waals surface area contributed by atoms with Gasteiger partial charge in [0.05, 0.1) is 0 Å². The average Bonchev–Trinajstić information content (AvgIpc) is 2.17. The number of benzene rings is 1. The lowest BCUT2D eigenvalue weighted by Gasteiger charge is -2.19. The van der Waals surface area contributed by atoms with Crippen molar-refractivity contribution >= 4 is 5.97 Å². The summed E-state index contributed by atoms with van der Waals surface area (Å²) >= 11 is 0. The average molecular weight is 242 g/mol. The van der Waals surface area contributed by atoms with Gasteiger partial charge in [-0.2, -0.15) is 0 Å².